The van der Waals surface area contributed by atoms with Crippen molar-refractivity contribution in [1.82, 2.24) is 9.97 Å². The van der Waals surface area contributed by atoms with E-state index < -0.39 is 0 Å². The van der Waals surface area contributed by atoms with Gasteiger partial charge in [-0.2, -0.15) is 5.10 Å². The predicted molar refractivity (Wildman–Crippen MR) is 85.6 cm³/mol. The number of hydrazone groups is 1. The minimum Gasteiger partial charge on any atom is -0.261 e. The van der Waals surface area contributed by atoms with E-state index in [9.17, 15) is 0 Å². The summed E-state index contributed by atoms with van der Waals surface area (Å²) in [6, 6.07) is 0. The van der Waals surface area contributed by atoms with Gasteiger partial charge in [-0.25, -0.2) is 9.97 Å². The van der Waals surface area contributed by atoms with E-state index in [4.69, 9.17) is 0 Å². The summed E-state index contributed by atoms with van der Waals surface area (Å²) < 4.78 is 0. The number of aryl methyl sites for hydroxylation is 2. The Morgan fingerprint density at radius 1 is 1.35 bits per heavy atom. The van der Waals surface area contributed by atoms with Crippen molar-refractivity contribution in [2.75, 3.05) is 5.43 Å². The van der Waals surface area contributed by atoms with E-state index in [1.807, 2.05) is 0 Å². The van der Waals surface area contributed by atoms with Crippen molar-refractivity contribution in [2.45, 2.75) is 46.5 Å². The van der Waals surface area contributed by atoms with E-state index in [-0.39, 0.29) is 0 Å². The van der Waals surface area contributed by atoms with Gasteiger partial charge in [0.2, 0.25) is 0 Å². The van der Waals surface area contributed by atoms with Crippen LogP contribution in [0.1, 0.15) is 43.0 Å². The van der Waals surface area contributed by atoms with Crippen molar-refractivity contribution in [3.63, 3.8) is 0 Å². The number of rotatable bonds is 2. The fraction of sp³-hybridized carbons (Fsp3) is 0.533. The predicted octanol–water partition coefficient (Wildman–Crippen LogP) is 4.29. The lowest BCUT2D eigenvalue weighted by molar-refractivity contribution is 0.500. The molecule has 2 heterocycles. The van der Waals surface area contributed by atoms with Gasteiger partial charge in [0.05, 0.1) is 5.39 Å². The number of thiophene rings is 1. The standard InChI is InChI=1S/C15H20N4S/c1-9-5-4-6-12(7-9)18-19-14-13-10(2)11(3)20-15(13)17-8-16-14/h8-9H,4-7H2,1-3H3,(H,16,17,19)/b18-12-. The summed E-state index contributed by atoms with van der Waals surface area (Å²) in [5, 5.41) is 5.70. The molecule has 0 radical (unpaired) electrons. The lowest BCUT2D eigenvalue weighted by Gasteiger charge is -2.19. The van der Waals surface area contributed by atoms with Gasteiger partial charge in [-0.3, -0.25) is 5.43 Å². The monoisotopic (exact) mass is 288 g/mol. The van der Waals surface area contributed by atoms with Gasteiger partial charge >= 0.3 is 0 Å². The SMILES string of the molecule is Cc1sc2ncnc(N/N=C3/CCCC(C)C3)c2c1C. The number of aromatic nitrogens is 2. The van der Waals surface area contributed by atoms with Gasteiger partial charge in [0.25, 0.3) is 0 Å². The lowest BCUT2D eigenvalue weighted by atomic mass is 9.89. The second-order valence-electron chi connectivity index (χ2n) is 5.68. The van der Waals surface area contributed by atoms with Crippen molar-refractivity contribution in [1.29, 1.82) is 0 Å². The summed E-state index contributed by atoms with van der Waals surface area (Å²) in [6.07, 6.45) is 6.39. The van der Waals surface area contributed by atoms with Crippen LogP contribution in [0, 0.1) is 19.8 Å². The van der Waals surface area contributed by atoms with E-state index in [0.717, 1.165) is 34.8 Å². The quantitative estimate of drug-likeness (QED) is 0.839. The first kappa shape index (κ1) is 13.5. The molecule has 1 N–H and O–H groups in total. The Balaban J connectivity index is 1.89. The van der Waals surface area contributed by atoms with Crippen LogP contribution in [-0.2, 0) is 0 Å². The molecule has 0 amide bonds. The molecule has 1 aliphatic carbocycles. The third-order valence-electron chi connectivity index (χ3n) is 4.03. The van der Waals surface area contributed by atoms with Crippen LogP contribution in [0.25, 0.3) is 10.2 Å². The van der Waals surface area contributed by atoms with Crippen molar-refractivity contribution >= 4 is 33.1 Å². The average molecular weight is 288 g/mol. The molecule has 2 aromatic heterocycles. The summed E-state index contributed by atoms with van der Waals surface area (Å²) in [4.78, 5) is 11.0. The number of hydrogen-bond acceptors (Lipinski definition) is 5. The topological polar surface area (TPSA) is 50.2 Å². The highest BCUT2D eigenvalue weighted by Crippen LogP contribution is 2.32. The molecule has 106 valence electrons. The zero-order valence-corrected chi connectivity index (χ0v) is 13.0. The van der Waals surface area contributed by atoms with Gasteiger partial charge in [0, 0.05) is 10.6 Å². The Labute approximate surface area is 123 Å². The molecule has 0 spiro atoms. The van der Waals surface area contributed by atoms with E-state index in [1.54, 1.807) is 17.7 Å². The highest BCUT2D eigenvalue weighted by Gasteiger charge is 2.15. The molecule has 0 aliphatic heterocycles. The third kappa shape index (κ3) is 2.54. The van der Waals surface area contributed by atoms with Crippen LogP contribution in [0.4, 0.5) is 5.82 Å². The molecule has 3 rings (SSSR count). The summed E-state index contributed by atoms with van der Waals surface area (Å²) in [6.45, 7) is 6.54. The summed E-state index contributed by atoms with van der Waals surface area (Å²) in [5.41, 5.74) is 5.69. The second-order valence-corrected chi connectivity index (χ2v) is 6.88. The van der Waals surface area contributed by atoms with Crippen LogP contribution in [0.3, 0.4) is 0 Å². The summed E-state index contributed by atoms with van der Waals surface area (Å²) in [5.74, 6) is 1.59. The van der Waals surface area contributed by atoms with E-state index in [1.165, 1.54) is 29.0 Å². The van der Waals surface area contributed by atoms with Crippen LogP contribution >= 0.6 is 11.3 Å². The Morgan fingerprint density at radius 2 is 2.20 bits per heavy atom. The zero-order chi connectivity index (χ0) is 14.1. The first-order valence-electron chi connectivity index (χ1n) is 7.17. The fourth-order valence-electron chi connectivity index (χ4n) is 2.76. The molecule has 0 bridgehead atoms. The molecule has 2 aromatic rings. The number of nitrogens with one attached hydrogen (secondary N) is 1. The number of hydrogen-bond donors (Lipinski definition) is 1. The molecule has 4 nitrogen and oxygen atoms in total. The molecular formula is C15H20N4S. The molecular weight excluding hydrogens is 268 g/mol. The minimum absolute atomic E-state index is 0.750. The van der Waals surface area contributed by atoms with Crippen LogP contribution in [0.15, 0.2) is 11.4 Å². The van der Waals surface area contributed by atoms with E-state index in [2.05, 4.69) is 41.3 Å². The van der Waals surface area contributed by atoms with Crippen molar-refractivity contribution in [3.8, 4) is 0 Å². The Bertz CT molecular complexity index is 659. The molecule has 0 aromatic carbocycles. The largest absolute Gasteiger partial charge is 0.261 e. The maximum atomic E-state index is 4.59. The van der Waals surface area contributed by atoms with Crippen LogP contribution in [-0.4, -0.2) is 15.7 Å². The third-order valence-corrected chi connectivity index (χ3v) is 5.15. The first-order chi connectivity index (χ1) is 9.65. The summed E-state index contributed by atoms with van der Waals surface area (Å²) in [7, 11) is 0. The maximum absolute atomic E-state index is 4.59. The molecule has 1 fully saturated rings. The number of anilines is 1. The van der Waals surface area contributed by atoms with Gasteiger partial charge in [-0.15, -0.1) is 11.3 Å². The molecule has 1 saturated carbocycles. The van der Waals surface area contributed by atoms with Crippen LogP contribution < -0.4 is 5.43 Å². The van der Waals surface area contributed by atoms with Crippen molar-refractivity contribution in [3.05, 3.63) is 16.8 Å². The molecule has 0 saturated heterocycles. The Kier molecular flexibility index (Phi) is 3.70. The Morgan fingerprint density at radius 3 is 3.00 bits per heavy atom. The number of fused-ring (bicyclic) bond motifs is 1. The lowest BCUT2D eigenvalue weighted by Crippen LogP contribution is -2.14. The summed E-state index contributed by atoms with van der Waals surface area (Å²) >= 11 is 1.72. The van der Waals surface area contributed by atoms with E-state index in [0.29, 0.717) is 0 Å². The molecule has 5 heteroatoms. The van der Waals surface area contributed by atoms with Gasteiger partial charge in [0.15, 0.2) is 5.82 Å². The fourth-order valence-corrected chi connectivity index (χ4v) is 3.76. The Hall–Kier alpha value is -1.49. The molecule has 20 heavy (non-hydrogen) atoms. The normalized spacial score (nSPS) is 21.6. The van der Waals surface area contributed by atoms with Gasteiger partial charge in [-0.1, -0.05) is 6.92 Å². The smallest absolute Gasteiger partial charge is 0.158 e. The highest BCUT2D eigenvalue weighted by molar-refractivity contribution is 7.18. The van der Waals surface area contributed by atoms with Gasteiger partial charge in [0.1, 0.15) is 11.2 Å². The highest BCUT2D eigenvalue weighted by atomic mass is 32.1. The second kappa shape index (κ2) is 5.48. The van der Waals surface area contributed by atoms with Crippen molar-refractivity contribution in [2.24, 2.45) is 11.0 Å². The number of nitrogens with zero attached hydrogens (tertiary/aromatic N) is 3. The molecule has 1 unspecified atom stereocenters. The van der Waals surface area contributed by atoms with Gasteiger partial charge < -0.3 is 0 Å². The van der Waals surface area contributed by atoms with E-state index >= 15 is 0 Å². The maximum Gasteiger partial charge on any atom is 0.158 e. The van der Waals surface area contributed by atoms with Gasteiger partial charge in [-0.05, 0) is 51.0 Å². The van der Waals surface area contributed by atoms with Crippen LogP contribution in [0.5, 0.6) is 0 Å². The average Bonchev–Trinajstić information content (AvgIpc) is 2.73. The molecule has 1 atom stereocenters. The minimum atomic E-state index is 0.750. The zero-order valence-electron chi connectivity index (χ0n) is 12.2. The van der Waals surface area contributed by atoms with Crippen molar-refractivity contribution < 1.29 is 0 Å². The van der Waals surface area contributed by atoms with Crippen LogP contribution in [0.2, 0.25) is 0 Å². The molecule has 1 aliphatic rings. The first-order valence-corrected chi connectivity index (χ1v) is 7.99.